The summed E-state index contributed by atoms with van der Waals surface area (Å²) in [5.74, 6) is 1.27. The van der Waals surface area contributed by atoms with Gasteiger partial charge in [0.25, 0.3) is 0 Å². The van der Waals surface area contributed by atoms with Crippen LogP contribution in [-0.2, 0) is 24.2 Å². The molecule has 0 aliphatic rings. The topological polar surface area (TPSA) is 70.7 Å². The fourth-order valence-corrected chi connectivity index (χ4v) is 3.15. The van der Waals surface area contributed by atoms with Crippen molar-refractivity contribution in [2.45, 2.75) is 40.2 Å². The van der Waals surface area contributed by atoms with Crippen molar-refractivity contribution in [1.82, 2.24) is 20.5 Å². The Hall–Kier alpha value is -2.66. The number of carbonyl (C=O) groups excluding carboxylic acids is 1. The highest BCUT2D eigenvalue weighted by atomic mass is 35.5. The van der Waals surface area contributed by atoms with Gasteiger partial charge in [0.1, 0.15) is 5.82 Å². The SMILES string of the molecule is CCc1ccc(-c2n[nH]c(CC(C)(C)C(=O)NCc3ccccc3Cl)n2)cc1. The smallest absolute Gasteiger partial charge is 0.226 e. The molecule has 1 aromatic heterocycles. The zero-order valence-electron chi connectivity index (χ0n) is 16.4. The van der Waals surface area contributed by atoms with E-state index in [1.54, 1.807) is 0 Å². The summed E-state index contributed by atoms with van der Waals surface area (Å²) in [6.07, 6.45) is 1.46. The quantitative estimate of drug-likeness (QED) is 0.614. The van der Waals surface area contributed by atoms with Gasteiger partial charge in [0.05, 0.1) is 5.41 Å². The summed E-state index contributed by atoms with van der Waals surface area (Å²) in [6, 6.07) is 15.7. The van der Waals surface area contributed by atoms with Gasteiger partial charge in [-0.3, -0.25) is 9.89 Å². The number of nitrogens with one attached hydrogen (secondary N) is 2. The molecule has 28 heavy (non-hydrogen) atoms. The van der Waals surface area contributed by atoms with Crippen LogP contribution in [0.15, 0.2) is 48.5 Å². The first kappa shape index (κ1) is 20.1. The predicted octanol–water partition coefficient (Wildman–Crippen LogP) is 4.57. The Morgan fingerprint density at radius 3 is 2.54 bits per heavy atom. The van der Waals surface area contributed by atoms with E-state index < -0.39 is 5.41 Å². The second-order valence-electron chi connectivity index (χ2n) is 7.49. The van der Waals surface area contributed by atoms with E-state index in [-0.39, 0.29) is 5.91 Å². The minimum Gasteiger partial charge on any atom is -0.351 e. The Morgan fingerprint density at radius 2 is 1.86 bits per heavy atom. The van der Waals surface area contributed by atoms with E-state index in [1.165, 1.54) is 5.56 Å². The number of hydrogen-bond donors (Lipinski definition) is 2. The molecule has 0 unspecified atom stereocenters. The van der Waals surface area contributed by atoms with Crippen LogP contribution in [0.2, 0.25) is 5.02 Å². The minimum absolute atomic E-state index is 0.0577. The Kier molecular flexibility index (Phi) is 6.15. The zero-order valence-corrected chi connectivity index (χ0v) is 17.2. The molecule has 3 aromatic rings. The second-order valence-corrected chi connectivity index (χ2v) is 7.90. The molecular weight excluding hydrogens is 372 g/mol. The number of aromatic nitrogens is 3. The van der Waals surface area contributed by atoms with Gasteiger partial charge < -0.3 is 5.32 Å². The van der Waals surface area contributed by atoms with E-state index in [0.29, 0.717) is 29.6 Å². The van der Waals surface area contributed by atoms with E-state index >= 15 is 0 Å². The van der Waals surface area contributed by atoms with Crippen molar-refractivity contribution >= 4 is 17.5 Å². The maximum atomic E-state index is 12.7. The van der Waals surface area contributed by atoms with Crippen LogP contribution in [0.4, 0.5) is 0 Å². The lowest BCUT2D eigenvalue weighted by Gasteiger charge is -2.22. The van der Waals surface area contributed by atoms with Crippen molar-refractivity contribution < 1.29 is 4.79 Å². The summed E-state index contributed by atoms with van der Waals surface area (Å²) < 4.78 is 0. The number of benzene rings is 2. The first-order valence-corrected chi connectivity index (χ1v) is 9.79. The van der Waals surface area contributed by atoms with Crippen LogP contribution in [0.1, 0.15) is 37.7 Å². The molecular formula is C22H25ClN4O. The standard InChI is InChI=1S/C22H25ClN4O/c1-4-15-9-11-16(12-10-15)20-25-19(26-27-20)13-22(2,3)21(28)24-14-17-7-5-6-8-18(17)23/h5-12H,4,13-14H2,1-3H3,(H,24,28)(H,25,26,27). The summed E-state index contributed by atoms with van der Waals surface area (Å²) in [6.45, 7) is 6.31. The lowest BCUT2D eigenvalue weighted by atomic mass is 9.88. The maximum absolute atomic E-state index is 12.7. The van der Waals surface area contributed by atoms with Gasteiger partial charge in [0, 0.05) is 23.6 Å². The summed E-state index contributed by atoms with van der Waals surface area (Å²) in [4.78, 5) is 17.3. The molecule has 0 fully saturated rings. The lowest BCUT2D eigenvalue weighted by Crippen LogP contribution is -2.38. The molecule has 5 nitrogen and oxygen atoms in total. The van der Waals surface area contributed by atoms with Crippen molar-refractivity contribution in [3.63, 3.8) is 0 Å². The Bertz CT molecular complexity index is 947. The van der Waals surface area contributed by atoms with Gasteiger partial charge >= 0.3 is 0 Å². The average molecular weight is 397 g/mol. The first-order valence-electron chi connectivity index (χ1n) is 9.41. The maximum Gasteiger partial charge on any atom is 0.226 e. The molecule has 0 bridgehead atoms. The van der Waals surface area contributed by atoms with Gasteiger partial charge in [-0.05, 0) is 23.6 Å². The van der Waals surface area contributed by atoms with Crippen LogP contribution in [0.25, 0.3) is 11.4 Å². The number of H-pyrrole nitrogens is 1. The summed E-state index contributed by atoms with van der Waals surface area (Å²) >= 11 is 6.16. The van der Waals surface area contributed by atoms with Crippen molar-refractivity contribution in [3.05, 3.63) is 70.5 Å². The lowest BCUT2D eigenvalue weighted by molar-refractivity contribution is -0.129. The van der Waals surface area contributed by atoms with E-state index in [9.17, 15) is 4.79 Å². The summed E-state index contributed by atoms with van der Waals surface area (Å²) in [5, 5.41) is 10.9. The van der Waals surface area contributed by atoms with Crippen molar-refractivity contribution in [2.75, 3.05) is 0 Å². The van der Waals surface area contributed by atoms with Gasteiger partial charge in [0.15, 0.2) is 5.82 Å². The highest BCUT2D eigenvalue weighted by molar-refractivity contribution is 6.31. The number of halogens is 1. The highest BCUT2D eigenvalue weighted by Crippen LogP contribution is 2.23. The second kappa shape index (κ2) is 8.57. The molecule has 0 aliphatic carbocycles. The Balaban J connectivity index is 1.64. The van der Waals surface area contributed by atoms with Crippen LogP contribution >= 0.6 is 11.6 Å². The van der Waals surface area contributed by atoms with Crippen molar-refractivity contribution in [3.8, 4) is 11.4 Å². The molecule has 0 atom stereocenters. The van der Waals surface area contributed by atoms with Crippen molar-refractivity contribution in [1.29, 1.82) is 0 Å². The van der Waals surface area contributed by atoms with Gasteiger partial charge in [-0.2, -0.15) is 5.10 Å². The van der Waals surface area contributed by atoms with Gasteiger partial charge in [0.2, 0.25) is 5.91 Å². The third-order valence-corrected chi connectivity index (χ3v) is 5.14. The van der Waals surface area contributed by atoms with Crippen LogP contribution in [0, 0.1) is 5.41 Å². The fraction of sp³-hybridized carbons (Fsp3) is 0.318. The molecule has 0 saturated heterocycles. The molecule has 146 valence electrons. The Labute approximate surface area is 170 Å². The first-order chi connectivity index (χ1) is 13.4. The zero-order chi connectivity index (χ0) is 20.1. The molecule has 2 N–H and O–H groups in total. The third kappa shape index (κ3) is 4.78. The van der Waals surface area contributed by atoms with E-state index in [0.717, 1.165) is 17.5 Å². The molecule has 3 rings (SSSR count). The number of carbonyl (C=O) groups is 1. The number of nitrogens with zero attached hydrogens (tertiary/aromatic N) is 2. The highest BCUT2D eigenvalue weighted by Gasteiger charge is 2.29. The third-order valence-electron chi connectivity index (χ3n) is 4.77. The number of aromatic amines is 1. The minimum atomic E-state index is -0.635. The van der Waals surface area contributed by atoms with Crippen LogP contribution in [0.3, 0.4) is 0 Å². The molecule has 2 aromatic carbocycles. The molecule has 0 saturated carbocycles. The van der Waals surface area contributed by atoms with E-state index in [2.05, 4.69) is 39.6 Å². The van der Waals surface area contributed by atoms with Crippen LogP contribution < -0.4 is 5.32 Å². The van der Waals surface area contributed by atoms with Crippen LogP contribution in [0.5, 0.6) is 0 Å². The molecule has 0 aliphatic heterocycles. The normalized spacial score (nSPS) is 11.4. The average Bonchev–Trinajstić information content (AvgIpc) is 3.15. The Morgan fingerprint density at radius 1 is 1.14 bits per heavy atom. The van der Waals surface area contributed by atoms with E-state index in [1.807, 2.05) is 50.2 Å². The monoisotopic (exact) mass is 396 g/mol. The number of hydrogen-bond acceptors (Lipinski definition) is 3. The molecule has 6 heteroatoms. The molecule has 0 spiro atoms. The predicted molar refractivity (Wildman–Crippen MR) is 112 cm³/mol. The van der Waals surface area contributed by atoms with Gasteiger partial charge in [-0.1, -0.05) is 74.8 Å². The van der Waals surface area contributed by atoms with Crippen LogP contribution in [-0.4, -0.2) is 21.1 Å². The molecule has 1 heterocycles. The van der Waals surface area contributed by atoms with E-state index in [4.69, 9.17) is 11.6 Å². The van der Waals surface area contributed by atoms with Gasteiger partial charge in [-0.15, -0.1) is 0 Å². The molecule has 0 radical (unpaired) electrons. The largest absolute Gasteiger partial charge is 0.351 e. The van der Waals surface area contributed by atoms with Gasteiger partial charge in [-0.25, -0.2) is 4.98 Å². The fourth-order valence-electron chi connectivity index (χ4n) is 2.95. The summed E-state index contributed by atoms with van der Waals surface area (Å²) in [7, 11) is 0. The number of rotatable bonds is 7. The number of amides is 1. The summed E-state index contributed by atoms with van der Waals surface area (Å²) in [5.41, 5.74) is 2.49. The number of aryl methyl sites for hydroxylation is 1. The van der Waals surface area contributed by atoms with Crippen molar-refractivity contribution in [2.24, 2.45) is 5.41 Å². The molecule has 1 amide bonds.